The maximum absolute atomic E-state index is 13.1. The van der Waals surface area contributed by atoms with Gasteiger partial charge in [-0.15, -0.1) is 0 Å². The molecule has 0 saturated carbocycles. The summed E-state index contributed by atoms with van der Waals surface area (Å²) in [5.41, 5.74) is -0.778. The molecule has 1 aromatic heterocycles. The van der Waals surface area contributed by atoms with E-state index in [1.54, 1.807) is 0 Å². The van der Waals surface area contributed by atoms with E-state index in [4.69, 9.17) is 23.4 Å². The minimum atomic E-state index is -0.741. The second kappa shape index (κ2) is 8.27. The molecule has 0 unspecified atom stereocenters. The van der Waals surface area contributed by atoms with Crippen LogP contribution in [0.25, 0.3) is 21.9 Å². The van der Waals surface area contributed by atoms with E-state index in [1.807, 2.05) is 0 Å². The van der Waals surface area contributed by atoms with E-state index in [0.717, 1.165) is 27.7 Å². The molecule has 31 heavy (non-hydrogen) atoms. The van der Waals surface area contributed by atoms with Gasteiger partial charge in [-0.05, 0) is 18.2 Å². The van der Waals surface area contributed by atoms with Crippen LogP contribution in [0.15, 0.2) is 33.5 Å². The summed E-state index contributed by atoms with van der Waals surface area (Å²) >= 11 is 0. The summed E-state index contributed by atoms with van der Waals surface area (Å²) in [5, 5.41) is 0.0160. The van der Waals surface area contributed by atoms with Crippen LogP contribution in [0.4, 0.5) is 0 Å². The van der Waals surface area contributed by atoms with Crippen molar-refractivity contribution in [3.05, 3.63) is 34.5 Å². The lowest BCUT2D eigenvalue weighted by Gasteiger charge is -2.13. The highest BCUT2D eigenvalue weighted by Crippen LogP contribution is 2.39. The lowest BCUT2D eigenvalue weighted by Crippen LogP contribution is -2.11. The summed E-state index contributed by atoms with van der Waals surface area (Å²) in [5.74, 6) is -3.53. The summed E-state index contributed by atoms with van der Waals surface area (Å²) in [7, 11) is 0. The third kappa shape index (κ3) is 4.53. The third-order valence-electron chi connectivity index (χ3n) is 3.83. The molecule has 0 saturated heterocycles. The zero-order chi connectivity index (χ0) is 22.9. The largest absolute Gasteiger partial charge is 0.452 e. The summed E-state index contributed by atoms with van der Waals surface area (Å²) in [6, 6.07) is 5.00. The van der Waals surface area contributed by atoms with Gasteiger partial charge in [-0.3, -0.25) is 24.0 Å². The van der Waals surface area contributed by atoms with Gasteiger partial charge < -0.3 is 23.4 Å². The Morgan fingerprint density at radius 3 is 1.74 bits per heavy atom. The minimum absolute atomic E-state index is 0.00802. The molecule has 0 aliphatic carbocycles. The fourth-order valence-corrected chi connectivity index (χ4v) is 2.83. The van der Waals surface area contributed by atoms with Crippen LogP contribution in [0.3, 0.4) is 0 Å². The average molecular weight is 428 g/mol. The molecule has 3 aromatic rings. The number of esters is 4. The Bertz CT molecular complexity index is 1310. The molecule has 0 bridgehead atoms. The highest BCUT2D eigenvalue weighted by atomic mass is 16.6. The molecule has 0 aliphatic heterocycles. The minimum Gasteiger partial charge on any atom is -0.452 e. The summed E-state index contributed by atoms with van der Waals surface area (Å²) in [4.78, 5) is 58.9. The van der Waals surface area contributed by atoms with Crippen molar-refractivity contribution < 1.29 is 42.5 Å². The number of ether oxygens (including phenoxy) is 4. The second-order valence-corrected chi connectivity index (χ2v) is 6.37. The molecule has 2 aromatic carbocycles. The molecule has 0 N–H and O–H groups in total. The van der Waals surface area contributed by atoms with Crippen molar-refractivity contribution in [2.75, 3.05) is 0 Å². The van der Waals surface area contributed by atoms with Crippen LogP contribution in [0.1, 0.15) is 27.7 Å². The Balaban J connectivity index is 2.38. The molecule has 160 valence electrons. The first-order valence-electron chi connectivity index (χ1n) is 8.88. The van der Waals surface area contributed by atoms with Gasteiger partial charge in [0, 0.05) is 33.8 Å². The van der Waals surface area contributed by atoms with Crippen molar-refractivity contribution in [2.45, 2.75) is 27.7 Å². The Morgan fingerprint density at radius 1 is 0.677 bits per heavy atom. The van der Waals surface area contributed by atoms with E-state index in [9.17, 15) is 24.0 Å². The van der Waals surface area contributed by atoms with Gasteiger partial charge in [-0.2, -0.15) is 0 Å². The molecule has 0 atom stereocenters. The molecular formula is C21H16O10. The summed E-state index contributed by atoms with van der Waals surface area (Å²) in [6.07, 6.45) is 0. The molecule has 0 fully saturated rings. The van der Waals surface area contributed by atoms with Crippen LogP contribution in [0.5, 0.6) is 23.0 Å². The average Bonchev–Trinajstić information content (AvgIpc) is 2.63. The number of benzene rings is 2. The van der Waals surface area contributed by atoms with Crippen molar-refractivity contribution in [1.82, 2.24) is 0 Å². The van der Waals surface area contributed by atoms with E-state index < -0.39 is 29.3 Å². The van der Waals surface area contributed by atoms with E-state index >= 15 is 0 Å². The number of fused-ring (bicyclic) bond motifs is 2. The van der Waals surface area contributed by atoms with Crippen LogP contribution in [0.2, 0.25) is 0 Å². The number of carbonyl (C=O) groups is 4. The van der Waals surface area contributed by atoms with Crippen LogP contribution in [-0.2, 0) is 19.2 Å². The van der Waals surface area contributed by atoms with Gasteiger partial charge in [0.1, 0.15) is 5.58 Å². The van der Waals surface area contributed by atoms with Crippen molar-refractivity contribution in [3.63, 3.8) is 0 Å². The lowest BCUT2D eigenvalue weighted by molar-refractivity contribution is -0.134. The number of hydrogen-bond acceptors (Lipinski definition) is 10. The Hall–Kier alpha value is -4.21. The highest BCUT2D eigenvalue weighted by molar-refractivity contribution is 5.96. The fraction of sp³-hybridized carbons (Fsp3) is 0.190. The molecule has 3 rings (SSSR count). The van der Waals surface area contributed by atoms with Gasteiger partial charge >= 0.3 is 23.9 Å². The van der Waals surface area contributed by atoms with Gasteiger partial charge in [0.25, 0.3) is 0 Å². The van der Waals surface area contributed by atoms with Crippen molar-refractivity contribution in [3.8, 4) is 23.0 Å². The zero-order valence-electron chi connectivity index (χ0n) is 16.9. The number of hydrogen-bond donors (Lipinski definition) is 0. The maximum Gasteiger partial charge on any atom is 0.308 e. The molecule has 0 amide bonds. The number of rotatable bonds is 4. The smallest absolute Gasteiger partial charge is 0.308 e. The Kier molecular flexibility index (Phi) is 5.73. The van der Waals surface area contributed by atoms with E-state index in [1.165, 1.54) is 24.3 Å². The van der Waals surface area contributed by atoms with E-state index in [-0.39, 0.29) is 44.9 Å². The van der Waals surface area contributed by atoms with E-state index in [0.29, 0.717) is 0 Å². The van der Waals surface area contributed by atoms with Gasteiger partial charge in [0.15, 0.2) is 22.8 Å². The Morgan fingerprint density at radius 2 is 1.19 bits per heavy atom. The first-order chi connectivity index (χ1) is 14.6. The van der Waals surface area contributed by atoms with Crippen molar-refractivity contribution >= 4 is 45.8 Å². The normalized spacial score (nSPS) is 10.6. The van der Waals surface area contributed by atoms with Gasteiger partial charge in [0.2, 0.25) is 11.2 Å². The number of carbonyl (C=O) groups excluding carboxylic acids is 4. The van der Waals surface area contributed by atoms with Crippen LogP contribution < -0.4 is 24.4 Å². The van der Waals surface area contributed by atoms with E-state index in [2.05, 4.69) is 0 Å². The monoisotopic (exact) mass is 428 g/mol. The van der Waals surface area contributed by atoms with Crippen molar-refractivity contribution in [1.29, 1.82) is 0 Å². The molecule has 0 aliphatic rings. The molecular weight excluding hydrogens is 412 g/mol. The first kappa shape index (κ1) is 21.5. The first-order valence-corrected chi connectivity index (χ1v) is 8.88. The molecule has 10 nitrogen and oxygen atoms in total. The second-order valence-electron chi connectivity index (χ2n) is 6.37. The van der Waals surface area contributed by atoms with Crippen LogP contribution >= 0.6 is 0 Å². The van der Waals surface area contributed by atoms with Gasteiger partial charge in [0.05, 0.1) is 10.8 Å². The SMILES string of the molecule is CC(=O)Oc1cc2oc3c(OC(C)=O)c(OC(C)=O)ccc3c(=O)c2cc1OC(C)=O. The predicted molar refractivity (Wildman–Crippen MR) is 105 cm³/mol. The molecule has 1 heterocycles. The molecule has 0 spiro atoms. The zero-order valence-corrected chi connectivity index (χ0v) is 16.9. The fourth-order valence-electron chi connectivity index (χ4n) is 2.83. The Labute approximate surface area is 174 Å². The molecule has 0 radical (unpaired) electrons. The predicted octanol–water partition coefficient (Wildman–Crippen LogP) is 2.65. The van der Waals surface area contributed by atoms with Crippen LogP contribution in [-0.4, -0.2) is 23.9 Å². The molecule has 10 heteroatoms. The standard InChI is InChI=1S/C21H16O10/c1-9(22)27-15-6-5-13-19(26)14-7-17(28-10(2)23)18(29-11(3)24)8-16(14)31-20(13)21(15)30-12(4)25/h5-8H,1-4H3. The lowest BCUT2D eigenvalue weighted by atomic mass is 10.1. The summed E-state index contributed by atoms with van der Waals surface area (Å²) < 4.78 is 26.0. The third-order valence-corrected chi connectivity index (χ3v) is 3.83. The summed E-state index contributed by atoms with van der Waals surface area (Å²) in [6.45, 7) is 4.56. The van der Waals surface area contributed by atoms with Gasteiger partial charge in [-0.25, -0.2) is 0 Å². The van der Waals surface area contributed by atoms with Crippen molar-refractivity contribution in [2.24, 2.45) is 0 Å². The van der Waals surface area contributed by atoms with Crippen LogP contribution in [0, 0.1) is 0 Å². The quantitative estimate of drug-likeness (QED) is 0.346. The maximum atomic E-state index is 13.1. The topological polar surface area (TPSA) is 135 Å². The van der Waals surface area contributed by atoms with Gasteiger partial charge in [-0.1, -0.05) is 0 Å². The highest BCUT2D eigenvalue weighted by Gasteiger charge is 2.22.